The smallest absolute Gasteiger partial charge is 0.130 e. The Hall–Kier alpha value is -1.18. The fourth-order valence-electron chi connectivity index (χ4n) is 5.78. The molecule has 0 aromatic heterocycles. The number of benzene rings is 1. The Kier molecular flexibility index (Phi) is 8.75. The summed E-state index contributed by atoms with van der Waals surface area (Å²) in [6, 6.07) is 5.47. The van der Waals surface area contributed by atoms with E-state index in [2.05, 4.69) is 6.92 Å². The van der Waals surface area contributed by atoms with E-state index in [0.717, 1.165) is 36.2 Å². The summed E-state index contributed by atoms with van der Waals surface area (Å²) in [6.07, 6.45) is 17.0. The summed E-state index contributed by atoms with van der Waals surface area (Å²) in [5.41, 5.74) is 1.50. The SMILES string of the molecule is CCCC/C(F)=C\c1ccc(C2CCC(C3CCC(CCC)CC3)CC2)cc1F. The van der Waals surface area contributed by atoms with Gasteiger partial charge in [0.05, 0.1) is 0 Å². The van der Waals surface area contributed by atoms with Crippen LogP contribution in [0.1, 0.15) is 114 Å². The fourth-order valence-corrected chi connectivity index (χ4v) is 5.78. The van der Waals surface area contributed by atoms with Crippen LogP contribution in [0.25, 0.3) is 6.08 Å². The zero-order chi connectivity index (χ0) is 20.6. The first-order valence-electron chi connectivity index (χ1n) is 12.3. The average molecular weight is 403 g/mol. The van der Waals surface area contributed by atoms with E-state index in [0.29, 0.717) is 17.9 Å². The molecular formula is C27H40F2. The van der Waals surface area contributed by atoms with Crippen molar-refractivity contribution in [1.82, 2.24) is 0 Å². The van der Waals surface area contributed by atoms with Gasteiger partial charge in [0, 0.05) is 5.56 Å². The van der Waals surface area contributed by atoms with E-state index in [4.69, 9.17) is 0 Å². The van der Waals surface area contributed by atoms with Crippen molar-refractivity contribution in [3.63, 3.8) is 0 Å². The summed E-state index contributed by atoms with van der Waals surface area (Å²) < 4.78 is 28.4. The normalized spacial score (nSPS) is 28.5. The third-order valence-corrected chi connectivity index (χ3v) is 7.60. The van der Waals surface area contributed by atoms with Crippen LogP contribution in [0.2, 0.25) is 0 Å². The first-order valence-corrected chi connectivity index (χ1v) is 12.3. The molecule has 0 nitrogen and oxygen atoms in total. The van der Waals surface area contributed by atoms with Crippen LogP contribution in [-0.2, 0) is 0 Å². The van der Waals surface area contributed by atoms with Crippen molar-refractivity contribution in [3.05, 3.63) is 41.0 Å². The highest BCUT2D eigenvalue weighted by molar-refractivity contribution is 5.52. The lowest BCUT2D eigenvalue weighted by atomic mass is 9.68. The highest BCUT2D eigenvalue weighted by Crippen LogP contribution is 2.44. The van der Waals surface area contributed by atoms with Crippen LogP contribution in [0.4, 0.5) is 8.78 Å². The Labute approximate surface area is 177 Å². The largest absolute Gasteiger partial charge is 0.212 e. The van der Waals surface area contributed by atoms with Gasteiger partial charge in [-0.1, -0.05) is 58.1 Å². The van der Waals surface area contributed by atoms with Crippen LogP contribution < -0.4 is 0 Å². The molecule has 0 bridgehead atoms. The van der Waals surface area contributed by atoms with Crippen molar-refractivity contribution in [2.45, 2.75) is 103 Å². The molecule has 162 valence electrons. The Balaban J connectivity index is 1.51. The van der Waals surface area contributed by atoms with Crippen LogP contribution in [-0.4, -0.2) is 0 Å². The quantitative estimate of drug-likeness (QED) is 0.406. The molecule has 0 radical (unpaired) electrons. The zero-order valence-electron chi connectivity index (χ0n) is 18.6. The Morgan fingerprint density at radius 1 is 0.931 bits per heavy atom. The van der Waals surface area contributed by atoms with E-state index in [1.54, 1.807) is 12.1 Å². The molecule has 3 rings (SSSR count). The number of allylic oxidation sites excluding steroid dienone is 1. The van der Waals surface area contributed by atoms with E-state index in [1.165, 1.54) is 70.3 Å². The molecule has 2 aliphatic rings. The van der Waals surface area contributed by atoms with E-state index >= 15 is 0 Å². The van der Waals surface area contributed by atoms with E-state index in [-0.39, 0.29) is 11.6 Å². The predicted molar refractivity (Wildman–Crippen MR) is 120 cm³/mol. The summed E-state index contributed by atoms with van der Waals surface area (Å²) >= 11 is 0. The Morgan fingerprint density at radius 2 is 1.59 bits per heavy atom. The highest BCUT2D eigenvalue weighted by atomic mass is 19.1. The van der Waals surface area contributed by atoms with Gasteiger partial charge in [0.15, 0.2) is 0 Å². The van der Waals surface area contributed by atoms with Crippen molar-refractivity contribution >= 4 is 6.08 Å². The molecule has 0 unspecified atom stereocenters. The molecule has 0 heterocycles. The fraction of sp³-hybridized carbons (Fsp3) is 0.704. The maximum absolute atomic E-state index is 14.5. The molecule has 0 saturated heterocycles. The summed E-state index contributed by atoms with van der Waals surface area (Å²) in [6.45, 7) is 4.34. The monoisotopic (exact) mass is 402 g/mol. The van der Waals surface area contributed by atoms with Gasteiger partial charge in [-0.2, -0.15) is 0 Å². The number of rotatable bonds is 8. The molecule has 0 atom stereocenters. The molecule has 0 amide bonds. The van der Waals surface area contributed by atoms with Gasteiger partial charge in [-0.25, -0.2) is 8.78 Å². The van der Waals surface area contributed by atoms with Crippen LogP contribution in [0, 0.1) is 23.6 Å². The first kappa shape index (κ1) is 22.5. The van der Waals surface area contributed by atoms with Crippen LogP contribution in [0.3, 0.4) is 0 Å². The molecule has 1 aromatic rings. The van der Waals surface area contributed by atoms with Crippen molar-refractivity contribution in [3.8, 4) is 0 Å². The molecule has 2 aliphatic carbocycles. The number of halogens is 2. The molecule has 0 N–H and O–H groups in total. The molecule has 0 aliphatic heterocycles. The van der Waals surface area contributed by atoms with Gasteiger partial charge < -0.3 is 0 Å². The van der Waals surface area contributed by atoms with Gasteiger partial charge in [-0.05, 0) is 92.7 Å². The van der Waals surface area contributed by atoms with Crippen molar-refractivity contribution in [2.75, 3.05) is 0 Å². The average Bonchev–Trinajstić information content (AvgIpc) is 2.75. The summed E-state index contributed by atoms with van der Waals surface area (Å²) in [5.74, 6) is 2.78. The first-order chi connectivity index (χ1) is 14.1. The lowest BCUT2D eigenvalue weighted by Gasteiger charge is -2.38. The van der Waals surface area contributed by atoms with Gasteiger partial charge in [-0.15, -0.1) is 0 Å². The van der Waals surface area contributed by atoms with Gasteiger partial charge in [0.2, 0.25) is 0 Å². The summed E-state index contributed by atoms with van der Waals surface area (Å²) in [7, 11) is 0. The molecule has 2 heteroatoms. The van der Waals surface area contributed by atoms with Crippen molar-refractivity contribution in [2.24, 2.45) is 17.8 Å². The summed E-state index contributed by atoms with van der Waals surface area (Å²) in [4.78, 5) is 0. The number of hydrogen-bond donors (Lipinski definition) is 0. The topological polar surface area (TPSA) is 0 Å². The van der Waals surface area contributed by atoms with Crippen LogP contribution >= 0.6 is 0 Å². The maximum Gasteiger partial charge on any atom is 0.130 e. The third kappa shape index (κ3) is 6.40. The second-order valence-corrected chi connectivity index (χ2v) is 9.66. The van der Waals surface area contributed by atoms with Crippen LogP contribution in [0.15, 0.2) is 24.0 Å². The van der Waals surface area contributed by atoms with Crippen molar-refractivity contribution < 1.29 is 8.78 Å². The molecule has 2 saturated carbocycles. The summed E-state index contributed by atoms with van der Waals surface area (Å²) in [5, 5.41) is 0. The molecule has 0 spiro atoms. The second-order valence-electron chi connectivity index (χ2n) is 9.66. The lowest BCUT2D eigenvalue weighted by molar-refractivity contribution is 0.156. The van der Waals surface area contributed by atoms with Gasteiger partial charge in [-0.3, -0.25) is 0 Å². The molecule has 2 fully saturated rings. The van der Waals surface area contributed by atoms with Crippen molar-refractivity contribution in [1.29, 1.82) is 0 Å². The minimum absolute atomic E-state index is 0.215. The number of hydrogen-bond acceptors (Lipinski definition) is 0. The van der Waals surface area contributed by atoms with Gasteiger partial charge >= 0.3 is 0 Å². The number of unbranched alkanes of at least 4 members (excludes halogenated alkanes) is 1. The zero-order valence-corrected chi connectivity index (χ0v) is 18.6. The second kappa shape index (κ2) is 11.3. The van der Waals surface area contributed by atoms with E-state index in [9.17, 15) is 8.78 Å². The minimum atomic E-state index is -0.273. The Bertz CT molecular complexity index is 647. The van der Waals surface area contributed by atoms with Gasteiger partial charge in [0.25, 0.3) is 0 Å². The van der Waals surface area contributed by atoms with Crippen LogP contribution in [0.5, 0.6) is 0 Å². The maximum atomic E-state index is 14.5. The molecular weight excluding hydrogens is 362 g/mol. The third-order valence-electron chi connectivity index (χ3n) is 7.60. The standard InChI is InChI=1S/C27H40F2/c1-3-5-7-26(28)18-25-17-16-24(19-27(25)29)23-14-12-22(13-15-23)21-10-8-20(6-4-2)9-11-21/h16-23H,3-15H2,1-2H3/b26-18+. The molecule has 1 aromatic carbocycles. The Morgan fingerprint density at radius 3 is 2.17 bits per heavy atom. The minimum Gasteiger partial charge on any atom is -0.212 e. The predicted octanol–water partition coefficient (Wildman–Crippen LogP) is 9.21. The highest BCUT2D eigenvalue weighted by Gasteiger charge is 2.31. The van der Waals surface area contributed by atoms with Gasteiger partial charge in [0.1, 0.15) is 11.6 Å². The van der Waals surface area contributed by atoms with E-state index in [1.807, 2.05) is 13.0 Å². The lowest BCUT2D eigenvalue weighted by Crippen LogP contribution is -2.25. The molecule has 29 heavy (non-hydrogen) atoms. The van der Waals surface area contributed by atoms with E-state index < -0.39 is 0 Å².